The van der Waals surface area contributed by atoms with Gasteiger partial charge in [0.15, 0.2) is 0 Å². The minimum absolute atomic E-state index is 0.168. The normalized spacial score (nSPS) is 18.9. The van der Waals surface area contributed by atoms with E-state index in [0.29, 0.717) is 11.5 Å². The fraction of sp³-hybridized carbons (Fsp3) is 0.722. The number of piperidine rings is 1. The van der Waals surface area contributed by atoms with E-state index in [1.807, 2.05) is 0 Å². The van der Waals surface area contributed by atoms with E-state index in [1.165, 1.54) is 25.6 Å². The summed E-state index contributed by atoms with van der Waals surface area (Å²) in [7, 11) is 0. The third-order valence-electron chi connectivity index (χ3n) is 5.01. The number of nitrogens with one attached hydrogen (secondary N) is 2. The number of nitrogen functional groups attached to an aromatic ring is 1. The number of unbranched alkanes of at least 4 members (excludes halogenated alkanes) is 1. The van der Waals surface area contributed by atoms with Gasteiger partial charge in [-0.05, 0) is 38.0 Å². The molecule has 0 spiro atoms. The van der Waals surface area contributed by atoms with Gasteiger partial charge in [0.1, 0.15) is 5.82 Å². The van der Waals surface area contributed by atoms with Crippen LogP contribution in [0.1, 0.15) is 55.8 Å². The minimum atomic E-state index is -0.168. The average molecular weight is 346 g/mol. The van der Waals surface area contributed by atoms with Crippen molar-refractivity contribution in [2.45, 2.75) is 51.5 Å². The molecule has 1 amide bonds. The largest absolute Gasteiger partial charge is 0.383 e. The zero-order chi connectivity index (χ0) is 17.6. The first-order chi connectivity index (χ1) is 12.2. The Morgan fingerprint density at radius 1 is 1.32 bits per heavy atom. The van der Waals surface area contributed by atoms with Crippen LogP contribution in [0.15, 0.2) is 6.20 Å². The molecule has 0 unspecified atom stereocenters. The number of carbonyl (C=O) groups excluding carboxylic acids is 1. The lowest BCUT2D eigenvalue weighted by Crippen LogP contribution is -2.45. The van der Waals surface area contributed by atoms with Crippen LogP contribution in [-0.2, 0) is 0 Å². The van der Waals surface area contributed by atoms with E-state index in [9.17, 15) is 4.79 Å². The summed E-state index contributed by atoms with van der Waals surface area (Å²) in [6.45, 7) is 6.29. The van der Waals surface area contributed by atoms with Gasteiger partial charge in [-0.1, -0.05) is 13.3 Å². The molecule has 1 aromatic heterocycles. The molecule has 1 saturated heterocycles. The summed E-state index contributed by atoms with van der Waals surface area (Å²) >= 11 is 0. The Hall–Kier alpha value is -1.89. The highest BCUT2D eigenvalue weighted by atomic mass is 16.1. The Bertz CT molecular complexity index is 581. The van der Waals surface area contributed by atoms with Crippen LogP contribution >= 0.6 is 0 Å². The first-order valence-electron chi connectivity index (χ1n) is 9.55. The lowest BCUT2D eigenvalue weighted by Gasteiger charge is -2.32. The Morgan fingerprint density at radius 2 is 2.08 bits per heavy atom. The van der Waals surface area contributed by atoms with Crippen LogP contribution in [0.5, 0.6) is 0 Å². The molecule has 2 fully saturated rings. The van der Waals surface area contributed by atoms with Gasteiger partial charge < -0.3 is 21.3 Å². The van der Waals surface area contributed by atoms with E-state index in [-0.39, 0.29) is 17.8 Å². The number of nitrogens with two attached hydrogens (primary N) is 1. The molecule has 2 aliphatic rings. The van der Waals surface area contributed by atoms with Gasteiger partial charge in [0, 0.05) is 38.4 Å². The lowest BCUT2D eigenvalue weighted by molar-refractivity contribution is 0.0910. The van der Waals surface area contributed by atoms with Crippen LogP contribution in [0.3, 0.4) is 0 Å². The second kappa shape index (κ2) is 8.47. The maximum absolute atomic E-state index is 12.5. The number of nitrogens with zero attached hydrogens (tertiary/aromatic N) is 3. The second-order valence-corrected chi connectivity index (χ2v) is 7.26. The standard InChI is InChI=1S/C18H30N6O/c1-2-3-8-20-18-21-11-15(16(19)23-18)17(25)22-14-6-9-24(10-7-14)12-13-4-5-13/h11,13-14H,2-10,12H2,1H3,(H,22,25)(H3,19,20,21,23). The highest BCUT2D eigenvalue weighted by molar-refractivity contribution is 5.98. The van der Waals surface area contributed by atoms with Crippen LogP contribution in [0.2, 0.25) is 0 Å². The van der Waals surface area contributed by atoms with E-state index in [4.69, 9.17) is 5.73 Å². The highest BCUT2D eigenvalue weighted by Gasteiger charge is 2.27. The zero-order valence-corrected chi connectivity index (χ0v) is 15.1. The molecule has 7 heteroatoms. The number of carbonyl (C=O) groups is 1. The predicted molar refractivity (Wildman–Crippen MR) is 99.5 cm³/mol. The van der Waals surface area contributed by atoms with Crippen LogP contribution in [0.4, 0.5) is 11.8 Å². The summed E-state index contributed by atoms with van der Waals surface area (Å²) in [6, 6.07) is 0.213. The maximum Gasteiger partial charge on any atom is 0.256 e. The number of rotatable bonds is 8. The Morgan fingerprint density at radius 3 is 2.72 bits per heavy atom. The molecule has 0 atom stereocenters. The molecule has 3 rings (SSSR count). The van der Waals surface area contributed by atoms with Crippen molar-refractivity contribution in [3.63, 3.8) is 0 Å². The summed E-state index contributed by atoms with van der Waals surface area (Å²) in [6.07, 6.45) is 8.44. The SMILES string of the molecule is CCCCNc1ncc(C(=O)NC2CCN(CC3CC3)CC2)c(N)n1. The molecular weight excluding hydrogens is 316 g/mol. The molecule has 2 heterocycles. The van der Waals surface area contributed by atoms with Gasteiger partial charge in [0.2, 0.25) is 5.95 Å². The van der Waals surface area contributed by atoms with E-state index >= 15 is 0 Å². The fourth-order valence-electron chi connectivity index (χ4n) is 3.22. The second-order valence-electron chi connectivity index (χ2n) is 7.26. The van der Waals surface area contributed by atoms with Crippen molar-refractivity contribution in [3.05, 3.63) is 11.8 Å². The summed E-state index contributed by atoms with van der Waals surface area (Å²) < 4.78 is 0. The molecule has 138 valence electrons. The Labute approximate surface area is 149 Å². The van der Waals surface area contributed by atoms with Gasteiger partial charge in [-0.25, -0.2) is 4.98 Å². The van der Waals surface area contributed by atoms with Crippen molar-refractivity contribution in [2.24, 2.45) is 5.92 Å². The van der Waals surface area contributed by atoms with E-state index in [0.717, 1.165) is 51.2 Å². The third-order valence-corrected chi connectivity index (χ3v) is 5.01. The van der Waals surface area contributed by atoms with Crippen molar-refractivity contribution >= 4 is 17.7 Å². The van der Waals surface area contributed by atoms with Crippen molar-refractivity contribution in [1.29, 1.82) is 0 Å². The molecule has 7 nitrogen and oxygen atoms in total. The maximum atomic E-state index is 12.5. The number of aromatic nitrogens is 2. The molecule has 0 bridgehead atoms. The smallest absolute Gasteiger partial charge is 0.256 e. The van der Waals surface area contributed by atoms with Crippen molar-refractivity contribution < 1.29 is 4.79 Å². The van der Waals surface area contributed by atoms with Gasteiger partial charge in [0.05, 0.1) is 5.56 Å². The summed E-state index contributed by atoms with van der Waals surface area (Å²) in [5, 5.41) is 6.21. The number of hydrogen-bond donors (Lipinski definition) is 3. The van der Waals surface area contributed by atoms with Gasteiger partial charge in [-0.2, -0.15) is 4.98 Å². The predicted octanol–water partition coefficient (Wildman–Crippen LogP) is 1.87. The summed E-state index contributed by atoms with van der Waals surface area (Å²) in [5.41, 5.74) is 6.32. The summed E-state index contributed by atoms with van der Waals surface area (Å²) in [5.74, 6) is 1.47. The minimum Gasteiger partial charge on any atom is -0.383 e. The first kappa shape index (κ1) is 17.9. The number of hydrogen-bond acceptors (Lipinski definition) is 6. The van der Waals surface area contributed by atoms with Crippen LogP contribution in [0.25, 0.3) is 0 Å². The monoisotopic (exact) mass is 346 g/mol. The third kappa shape index (κ3) is 5.29. The Kier molecular flexibility index (Phi) is 6.07. The molecule has 4 N–H and O–H groups in total. The van der Waals surface area contributed by atoms with Gasteiger partial charge in [0.25, 0.3) is 5.91 Å². The van der Waals surface area contributed by atoms with E-state index < -0.39 is 0 Å². The zero-order valence-electron chi connectivity index (χ0n) is 15.1. The number of anilines is 2. The Balaban J connectivity index is 1.47. The van der Waals surface area contributed by atoms with Crippen LogP contribution < -0.4 is 16.4 Å². The molecule has 1 aliphatic carbocycles. The lowest BCUT2D eigenvalue weighted by atomic mass is 10.0. The van der Waals surface area contributed by atoms with Crippen molar-refractivity contribution in [3.8, 4) is 0 Å². The molecule has 1 aliphatic heterocycles. The highest BCUT2D eigenvalue weighted by Crippen LogP contribution is 2.30. The molecule has 0 radical (unpaired) electrons. The van der Waals surface area contributed by atoms with Gasteiger partial charge in [-0.15, -0.1) is 0 Å². The molecule has 1 aromatic rings. The van der Waals surface area contributed by atoms with Crippen molar-refractivity contribution in [2.75, 3.05) is 37.2 Å². The van der Waals surface area contributed by atoms with E-state index in [1.54, 1.807) is 0 Å². The quantitative estimate of drug-likeness (QED) is 0.622. The molecule has 0 aromatic carbocycles. The van der Waals surface area contributed by atoms with Crippen LogP contribution in [0, 0.1) is 5.92 Å². The van der Waals surface area contributed by atoms with Crippen molar-refractivity contribution in [1.82, 2.24) is 20.2 Å². The van der Waals surface area contributed by atoms with Gasteiger partial charge in [-0.3, -0.25) is 4.79 Å². The fourth-order valence-corrected chi connectivity index (χ4v) is 3.22. The van der Waals surface area contributed by atoms with Gasteiger partial charge >= 0.3 is 0 Å². The molecule has 25 heavy (non-hydrogen) atoms. The molecular formula is C18H30N6O. The van der Waals surface area contributed by atoms with E-state index in [2.05, 4.69) is 32.4 Å². The number of amides is 1. The van der Waals surface area contributed by atoms with Crippen LogP contribution in [-0.4, -0.2) is 53.0 Å². The first-order valence-corrected chi connectivity index (χ1v) is 9.55. The number of likely N-dealkylation sites (tertiary alicyclic amines) is 1. The molecule has 1 saturated carbocycles. The topological polar surface area (TPSA) is 96.2 Å². The summed E-state index contributed by atoms with van der Waals surface area (Å²) in [4.78, 5) is 23.4. The average Bonchev–Trinajstić information content (AvgIpc) is 3.41.